The van der Waals surface area contributed by atoms with E-state index in [1.165, 1.54) is 36.9 Å². The van der Waals surface area contributed by atoms with E-state index in [9.17, 15) is 0 Å². The summed E-state index contributed by atoms with van der Waals surface area (Å²) in [6, 6.07) is 49.6. The van der Waals surface area contributed by atoms with Crippen molar-refractivity contribution in [2.45, 2.75) is 0 Å². The number of para-hydroxylation sites is 3. The highest BCUT2D eigenvalue weighted by Gasteiger charge is 2.17. The Hall–Kier alpha value is -5.32. The highest BCUT2D eigenvalue weighted by molar-refractivity contribution is 7.25. The van der Waals surface area contributed by atoms with Gasteiger partial charge >= 0.3 is 0 Å². The van der Waals surface area contributed by atoms with Gasteiger partial charge in [-0.25, -0.2) is 9.97 Å². The van der Waals surface area contributed by atoms with Crippen molar-refractivity contribution in [3.63, 3.8) is 0 Å². The van der Waals surface area contributed by atoms with Crippen molar-refractivity contribution in [3.05, 3.63) is 140 Å². The van der Waals surface area contributed by atoms with E-state index >= 15 is 0 Å². The molecule has 3 aromatic heterocycles. The maximum atomic E-state index is 5.10. The molecule has 0 aliphatic carbocycles. The first kappa shape index (κ1) is 23.4. The van der Waals surface area contributed by atoms with Crippen LogP contribution < -0.4 is 0 Å². The van der Waals surface area contributed by atoms with Gasteiger partial charge in [-0.15, -0.1) is 11.3 Å². The summed E-state index contributed by atoms with van der Waals surface area (Å²) in [5.74, 6) is 0. The number of hydrogen-bond donors (Lipinski definition) is 0. The second-order valence-electron chi connectivity index (χ2n) is 10.7. The molecule has 196 valence electrons. The van der Waals surface area contributed by atoms with Gasteiger partial charge in [-0.1, -0.05) is 84.9 Å². The highest BCUT2D eigenvalue weighted by atomic mass is 32.1. The Morgan fingerprint density at radius 1 is 0.452 bits per heavy atom. The van der Waals surface area contributed by atoms with Crippen LogP contribution >= 0.6 is 11.3 Å². The van der Waals surface area contributed by atoms with Gasteiger partial charge in [0.2, 0.25) is 0 Å². The zero-order valence-electron chi connectivity index (χ0n) is 22.5. The maximum Gasteiger partial charge on any atom is 0.165 e. The standard InChI is InChI=1S/C38H23N3S/c1-2-8-28(9-3-1)41-34-20-18-26(23-31(34)37-38(41)40-33-12-6-5-11-32(33)39-37)24-14-16-25(17-15-24)27-19-21-36-30(22-27)29-10-4-7-13-35(29)42-36/h1-23H. The molecule has 0 saturated heterocycles. The molecule has 3 heterocycles. The molecule has 0 N–H and O–H groups in total. The molecule has 3 nitrogen and oxygen atoms in total. The monoisotopic (exact) mass is 553 g/mol. The molecule has 0 aliphatic heterocycles. The van der Waals surface area contributed by atoms with Crippen LogP contribution in [0.4, 0.5) is 0 Å². The zero-order valence-corrected chi connectivity index (χ0v) is 23.3. The Bertz CT molecular complexity index is 2450. The SMILES string of the molecule is c1ccc(-n2c3ccc(-c4ccc(-c5ccc6sc7ccccc7c6c5)cc4)cc3c3nc4ccccc4nc32)cc1. The van der Waals surface area contributed by atoms with E-state index in [2.05, 4.69) is 114 Å². The molecule has 9 rings (SSSR count). The summed E-state index contributed by atoms with van der Waals surface area (Å²) in [6.07, 6.45) is 0. The Labute approximate surface area is 246 Å². The molecule has 0 unspecified atom stereocenters. The molecule has 42 heavy (non-hydrogen) atoms. The van der Waals surface area contributed by atoms with Crippen molar-refractivity contribution in [1.82, 2.24) is 14.5 Å². The smallest absolute Gasteiger partial charge is 0.165 e. The van der Waals surface area contributed by atoms with Crippen LogP contribution in [-0.4, -0.2) is 14.5 Å². The van der Waals surface area contributed by atoms with Crippen molar-refractivity contribution in [2.24, 2.45) is 0 Å². The number of nitrogens with zero attached hydrogens (tertiary/aromatic N) is 3. The van der Waals surface area contributed by atoms with E-state index in [-0.39, 0.29) is 0 Å². The third-order valence-corrected chi connectivity index (χ3v) is 9.35. The lowest BCUT2D eigenvalue weighted by Gasteiger charge is -2.08. The molecule has 0 fully saturated rings. The number of aromatic nitrogens is 3. The van der Waals surface area contributed by atoms with Crippen molar-refractivity contribution < 1.29 is 0 Å². The van der Waals surface area contributed by atoms with Gasteiger partial charge in [-0.2, -0.15) is 0 Å². The molecule has 6 aromatic carbocycles. The predicted molar refractivity (Wildman–Crippen MR) is 178 cm³/mol. The minimum absolute atomic E-state index is 0.874. The van der Waals surface area contributed by atoms with E-state index < -0.39 is 0 Å². The van der Waals surface area contributed by atoms with Crippen LogP contribution in [0.1, 0.15) is 0 Å². The lowest BCUT2D eigenvalue weighted by Crippen LogP contribution is -1.96. The Balaban J connectivity index is 1.17. The summed E-state index contributed by atoms with van der Waals surface area (Å²) in [6.45, 7) is 0. The van der Waals surface area contributed by atoms with Gasteiger partial charge in [0.05, 0.1) is 16.6 Å². The van der Waals surface area contributed by atoms with Gasteiger partial charge < -0.3 is 0 Å². The van der Waals surface area contributed by atoms with Crippen molar-refractivity contribution >= 4 is 64.6 Å². The number of benzene rings is 6. The van der Waals surface area contributed by atoms with E-state index in [1.54, 1.807) is 0 Å². The van der Waals surface area contributed by atoms with E-state index in [4.69, 9.17) is 9.97 Å². The Kier molecular flexibility index (Phi) is 5.07. The third-order valence-electron chi connectivity index (χ3n) is 8.20. The minimum Gasteiger partial charge on any atom is -0.293 e. The average molecular weight is 554 g/mol. The third kappa shape index (κ3) is 3.59. The number of rotatable bonds is 3. The molecule has 0 spiro atoms. The minimum atomic E-state index is 0.874. The van der Waals surface area contributed by atoms with Crippen molar-refractivity contribution in [2.75, 3.05) is 0 Å². The lowest BCUT2D eigenvalue weighted by molar-refractivity contribution is 1.14. The summed E-state index contributed by atoms with van der Waals surface area (Å²) in [5, 5.41) is 3.75. The second-order valence-corrected chi connectivity index (χ2v) is 11.8. The number of thiophene rings is 1. The highest BCUT2D eigenvalue weighted by Crippen LogP contribution is 2.38. The van der Waals surface area contributed by atoms with E-state index in [0.717, 1.165) is 44.4 Å². The maximum absolute atomic E-state index is 5.10. The average Bonchev–Trinajstić information content (AvgIpc) is 3.58. The van der Waals surface area contributed by atoms with Crippen LogP contribution in [0.3, 0.4) is 0 Å². The van der Waals surface area contributed by atoms with Crippen molar-refractivity contribution in [1.29, 1.82) is 0 Å². The first-order chi connectivity index (χ1) is 20.8. The molecule has 0 radical (unpaired) electrons. The fourth-order valence-corrected chi connectivity index (χ4v) is 7.23. The van der Waals surface area contributed by atoms with E-state index in [1.807, 2.05) is 41.7 Å². The summed E-state index contributed by atoms with van der Waals surface area (Å²) < 4.78 is 4.89. The largest absolute Gasteiger partial charge is 0.293 e. The predicted octanol–water partition coefficient (Wildman–Crippen LogP) is 10.4. The molecule has 0 atom stereocenters. The fraction of sp³-hybridized carbons (Fsp3) is 0. The molecule has 0 amide bonds. The van der Waals surface area contributed by atoms with E-state index in [0.29, 0.717) is 0 Å². The van der Waals surface area contributed by atoms with Gasteiger partial charge in [-0.3, -0.25) is 4.57 Å². The van der Waals surface area contributed by atoms with Crippen molar-refractivity contribution in [3.8, 4) is 27.9 Å². The van der Waals surface area contributed by atoms with Crippen LogP contribution in [-0.2, 0) is 0 Å². The molecule has 9 aromatic rings. The van der Waals surface area contributed by atoms with Gasteiger partial charge in [0.15, 0.2) is 5.65 Å². The topological polar surface area (TPSA) is 30.7 Å². The normalized spacial score (nSPS) is 11.8. The van der Waals surface area contributed by atoms with Gasteiger partial charge in [-0.05, 0) is 76.9 Å². The lowest BCUT2D eigenvalue weighted by atomic mass is 9.98. The van der Waals surface area contributed by atoms with Gasteiger partial charge in [0.25, 0.3) is 0 Å². The number of hydrogen-bond acceptors (Lipinski definition) is 3. The molecular formula is C38H23N3S. The molecule has 0 saturated carbocycles. The first-order valence-electron chi connectivity index (χ1n) is 14.1. The molecule has 4 heteroatoms. The first-order valence-corrected chi connectivity index (χ1v) is 14.9. The van der Waals surface area contributed by atoms with Crippen LogP contribution in [0, 0.1) is 0 Å². The quantitative estimate of drug-likeness (QED) is 0.218. The Morgan fingerprint density at radius 2 is 1.05 bits per heavy atom. The summed E-state index contributed by atoms with van der Waals surface area (Å²) in [7, 11) is 0. The molecule has 0 aliphatic rings. The molecule has 0 bridgehead atoms. The van der Waals surface area contributed by atoms with Gasteiger partial charge in [0.1, 0.15) is 5.52 Å². The summed E-state index contributed by atoms with van der Waals surface area (Å²) in [5.41, 5.74) is 10.6. The summed E-state index contributed by atoms with van der Waals surface area (Å²) in [4.78, 5) is 10.2. The zero-order chi connectivity index (χ0) is 27.6. The van der Waals surface area contributed by atoms with Gasteiger partial charge in [0, 0.05) is 31.2 Å². The van der Waals surface area contributed by atoms with Crippen LogP contribution in [0.15, 0.2) is 140 Å². The Morgan fingerprint density at radius 3 is 1.83 bits per heavy atom. The van der Waals surface area contributed by atoms with Crippen LogP contribution in [0.25, 0.3) is 81.2 Å². The number of fused-ring (bicyclic) bond motifs is 7. The van der Waals surface area contributed by atoms with Crippen LogP contribution in [0.5, 0.6) is 0 Å². The summed E-state index contributed by atoms with van der Waals surface area (Å²) >= 11 is 1.86. The fourth-order valence-electron chi connectivity index (χ4n) is 6.14. The molecular weight excluding hydrogens is 531 g/mol. The van der Waals surface area contributed by atoms with Crippen LogP contribution in [0.2, 0.25) is 0 Å². The second kappa shape index (κ2) is 9.10.